The Morgan fingerprint density at radius 3 is 2.80 bits per heavy atom. The predicted molar refractivity (Wildman–Crippen MR) is 94.1 cm³/mol. The van der Waals surface area contributed by atoms with Crippen LogP contribution >= 0.6 is 0 Å². The highest BCUT2D eigenvalue weighted by atomic mass is 16.2. The van der Waals surface area contributed by atoms with Crippen LogP contribution in [0.3, 0.4) is 0 Å². The molecule has 0 aliphatic carbocycles. The average Bonchev–Trinajstić information content (AvgIpc) is 2.93. The lowest BCUT2D eigenvalue weighted by molar-refractivity contribution is 0.0583. The van der Waals surface area contributed by atoms with Gasteiger partial charge in [-0.2, -0.15) is 0 Å². The zero-order valence-corrected chi connectivity index (χ0v) is 14.1. The number of nitrogens with zero attached hydrogens (tertiary/aromatic N) is 3. The Labute approximate surface area is 146 Å². The van der Waals surface area contributed by atoms with Crippen molar-refractivity contribution in [3.63, 3.8) is 0 Å². The van der Waals surface area contributed by atoms with E-state index in [1.165, 1.54) is 5.56 Å². The van der Waals surface area contributed by atoms with Crippen LogP contribution in [0.2, 0.25) is 0 Å². The summed E-state index contributed by atoms with van der Waals surface area (Å²) in [7, 11) is 0. The smallest absolute Gasteiger partial charge is 0.260 e. The Bertz CT molecular complexity index is 804. The van der Waals surface area contributed by atoms with E-state index in [9.17, 15) is 9.59 Å². The van der Waals surface area contributed by atoms with Crippen molar-refractivity contribution < 1.29 is 4.79 Å². The van der Waals surface area contributed by atoms with Gasteiger partial charge in [0.05, 0.1) is 0 Å². The number of rotatable bonds is 3. The molecule has 0 spiro atoms. The zero-order valence-electron chi connectivity index (χ0n) is 14.1. The van der Waals surface area contributed by atoms with Gasteiger partial charge in [0, 0.05) is 50.8 Å². The van der Waals surface area contributed by atoms with E-state index in [0.29, 0.717) is 5.92 Å². The molecular formula is C19H22N4O2. The maximum Gasteiger partial charge on any atom is 0.260 e. The molecule has 130 valence electrons. The zero-order chi connectivity index (χ0) is 17.2. The third-order valence-corrected chi connectivity index (χ3v) is 5.25. The Balaban J connectivity index is 1.53. The Kier molecular flexibility index (Phi) is 4.36. The third kappa shape index (κ3) is 3.35. The minimum Gasteiger partial charge on any atom is -0.334 e. The van der Waals surface area contributed by atoms with Gasteiger partial charge in [-0.3, -0.25) is 19.5 Å². The summed E-state index contributed by atoms with van der Waals surface area (Å²) < 4.78 is 0. The van der Waals surface area contributed by atoms with Gasteiger partial charge in [0.1, 0.15) is 5.56 Å². The van der Waals surface area contributed by atoms with Crippen molar-refractivity contribution in [2.45, 2.75) is 25.4 Å². The van der Waals surface area contributed by atoms with Crippen LogP contribution in [-0.2, 0) is 6.54 Å². The maximum absolute atomic E-state index is 12.9. The highest BCUT2D eigenvalue weighted by Gasteiger charge is 2.37. The molecular weight excluding hydrogens is 316 g/mol. The summed E-state index contributed by atoms with van der Waals surface area (Å²) in [6.45, 7) is 3.47. The lowest BCUT2D eigenvalue weighted by Crippen LogP contribution is -2.48. The summed E-state index contributed by atoms with van der Waals surface area (Å²) in [5, 5.41) is 0. The number of carbonyl (C=O) groups is 1. The molecule has 2 atom stereocenters. The van der Waals surface area contributed by atoms with Gasteiger partial charge in [0.25, 0.3) is 11.5 Å². The van der Waals surface area contributed by atoms with Gasteiger partial charge >= 0.3 is 0 Å². The maximum atomic E-state index is 12.9. The van der Waals surface area contributed by atoms with E-state index >= 15 is 0 Å². The van der Waals surface area contributed by atoms with Crippen molar-refractivity contribution in [1.29, 1.82) is 0 Å². The number of amides is 1. The number of nitrogens with one attached hydrogen (secondary N) is 1. The Morgan fingerprint density at radius 1 is 1.16 bits per heavy atom. The van der Waals surface area contributed by atoms with E-state index in [1.807, 2.05) is 29.4 Å². The highest BCUT2D eigenvalue weighted by Crippen LogP contribution is 2.29. The number of hydrogen-bond donors (Lipinski definition) is 1. The molecule has 0 radical (unpaired) electrons. The van der Waals surface area contributed by atoms with Crippen LogP contribution in [0, 0.1) is 5.92 Å². The number of pyridine rings is 2. The first kappa shape index (κ1) is 16.0. The molecule has 3 aliphatic rings. The number of aromatic nitrogens is 2. The topological polar surface area (TPSA) is 69.3 Å². The largest absolute Gasteiger partial charge is 0.334 e. The minimum atomic E-state index is -0.304. The first-order valence-electron chi connectivity index (χ1n) is 8.80. The van der Waals surface area contributed by atoms with Crippen LogP contribution in [0.5, 0.6) is 0 Å². The molecule has 5 heterocycles. The molecule has 5 rings (SSSR count). The highest BCUT2D eigenvalue weighted by molar-refractivity contribution is 5.94. The van der Waals surface area contributed by atoms with Crippen LogP contribution < -0.4 is 5.56 Å². The van der Waals surface area contributed by atoms with Crippen molar-refractivity contribution in [1.82, 2.24) is 19.8 Å². The van der Waals surface area contributed by atoms with Gasteiger partial charge in [-0.1, -0.05) is 0 Å². The van der Waals surface area contributed by atoms with E-state index in [0.717, 1.165) is 39.0 Å². The van der Waals surface area contributed by atoms with Crippen LogP contribution in [0.15, 0.2) is 47.7 Å². The first-order chi connectivity index (χ1) is 12.2. The summed E-state index contributed by atoms with van der Waals surface area (Å²) in [5.74, 6) is 0.328. The van der Waals surface area contributed by atoms with Crippen molar-refractivity contribution in [3.05, 3.63) is 64.3 Å². The average molecular weight is 338 g/mol. The second-order valence-corrected chi connectivity index (χ2v) is 7.02. The van der Waals surface area contributed by atoms with Gasteiger partial charge in [0.15, 0.2) is 0 Å². The van der Waals surface area contributed by atoms with Crippen molar-refractivity contribution in [2.75, 3.05) is 19.6 Å². The standard InChI is InChI=1S/C19H22N4O2/c24-18-17(2-1-7-21-18)19(25)23-12-15-3-4-16(23)13-22(11-15)10-14-5-8-20-9-6-14/h1-2,5-9,15-16H,3-4,10-13H2,(H,21,24)/t15-,16+/m0/s1. The normalized spacial score (nSPS) is 23.4. The second kappa shape index (κ2) is 6.80. The van der Waals surface area contributed by atoms with E-state index in [4.69, 9.17) is 0 Å². The number of hydrogen-bond acceptors (Lipinski definition) is 4. The molecule has 0 unspecified atom stereocenters. The minimum absolute atomic E-state index is 0.137. The third-order valence-electron chi connectivity index (χ3n) is 5.25. The van der Waals surface area contributed by atoms with Crippen LogP contribution in [0.1, 0.15) is 28.8 Å². The number of piperidine rings is 1. The van der Waals surface area contributed by atoms with Crippen LogP contribution in [0.25, 0.3) is 0 Å². The molecule has 3 aliphatic heterocycles. The van der Waals surface area contributed by atoms with Crippen LogP contribution in [-0.4, -0.2) is 51.4 Å². The molecule has 0 saturated carbocycles. The molecule has 2 aromatic rings. The molecule has 6 heteroatoms. The summed E-state index contributed by atoms with van der Waals surface area (Å²) in [5.41, 5.74) is 1.19. The first-order valence-corrected chi connectivity index (χ1v) is 8.80. The summed E-state index contributed by atoms with van der Waals surface area (Å²) >= 11 is 0. The summed E-state index contributed by atoms with van der Waals surface area (Å²) in [4.78, 5) is 35.9. The van der Waals surface area contributed by atoms with Crippen LogP contribution in [0.4, 0.5) is 0 Å². The number of H-pyrrole nitrogens is 1. The predicted octanol–water partition coefficient (Wildman–Crippen LogP) is 1.51. The fraction of sp³-hybridized carbons (Fsp3) is 0.421. The van der Waals surface area contributed by atoms with Gasteiger partial charge in [-0.05, 0) is 48.6 Å². The van der Waals surface area contributed by atoms with E-state index < -0.39 is 0 Å². The molecule has 25 heavy (non-hydrogen) atoms. The van der Waals surface area contributed by atoms with Gasteiger partial charge in [-0.25, -0.2) is 0 Å². The van der Waals surface area contributed by atoms with Crippen molar-refractivity contribution in [2.24, 2.45) is 5.92 Å². The number of carbonyl (C=O) groups excluding carboxylic acids is 1. The molecule has 1 N–H and O–H groups in total. The molecule has 3 saturated heterocycles. The van der Waals surface area contributed by atoms with Crippen molar-refractivity contribution in [3.8, 4) is 0 Å². The van der Waals surface area contributed by atoms with Crippen molar-refractivity contribution >= 4 is 5.91 Å². The molecule has 0 aromatic carbocycles. The molecule has 3 fully saturated rings. The van der Waals surface area contributed by atoms with Gasteiger partial charge in [0.2, 0.25) is 0 Å². The number of aromatic amines is 1. The molecule has 2 aromatic heterocycles. The van der Waals surface area contributed by atoms with E-state index in [1.54, 1.807) is 18.3 Å². The lowest BCUT2D eigenvalue weighted by Gasteiger charge is -2.36. The Hall–Kier alpha value is -2.47. The fourth-order valence-corrected chi connectivity index (χ4v) is 4.05. The quantitative estimate of drug-likeness (QED) is 0.921. The Morgan fingerprint density at radius 2 is 2.00 bits per heavy atom. The molecule has 6 nitrogen and oxygen atoms in total. The van der Waals surface area contributed by atoms with Gasteiger partial charge < -0.3 is 9.88 Å². The summed E-state index contributed by atoms with van der Waals surface area (Å²) in [6.07, 6.45) is 7.35. The number of fused-ring (bicyclic) bond motifs is 4. The lowest BCUT2D eigenvalue weighted by atomic mass is 9.94. The van der Waals surface area contributed by atoms with Gasteiger partial charge in [-0.15, -0.1) is 0 Å². The monoisotopic (exact) mass is 338 g/mol. The van der Waals surface area contributed by atoms with E-state index in [-0.39, 0.29) is 23.1 Å². The summed E-state index contributed by atoms with van der Waals surface area (Å²) in [6, 6.07) is 7.58. The SMILES string of the molecule is O=C(c1ccc[nH]c1=O)N1C[C@H]2CC[C@@H]1CN(Cc1ccncc1)C2. The van der Waals surface area contributed by atoms with E-state index in [2.05, 4.69) is 14.9 Å². The fourth-order valence-electron chi connectivity index (χ4n) is 4.05. The molecule has 1 amide bonds. The molecule has 2 bridgehead atoms. The second-order valence-electron chi connectivity index (χ2n) is 7.02.